The molecule has 0 aromatic heterocycles. The number of rotatable bonds is 7. The van der Waals surface area contributed by atoms with Gasteiger partial charge in [0.15, 0.2) is 0 Å². The van der Waals surface area contributed by atoms with E-state index in [1.807, 2.05) is 0 Å². The van der Waals surface area contributed by atoms with Gasteiger partial charge in [-0.15, -0.1) is 0 Å². The Morgan fingerprint density at radius 1 is 1.28 bits per heavy atom. The van der Waals surface area contributed by atoms with Gasteiger partial charge in [0.25, 0.3) is 0 Å². The lowest BCUT2D eigenvalue weighted by Crippen LogP contribution is -2.19. The van der Waals surface area contributed by atoms with E-state index in [1.54, 1.807) is 7.11 Å². The Labute approximate surface area is 109 Å². The van der Waals surface area contributed by atoms with E-state index in [1.165, 1.54) is 24.0 Å². The number of nitrogens with one attached hydrogen (secondary N) is 1. The monoisotopic (exact) mass is 249 g/mol. The molecule has 0 radical (unpaired) electrons. The third kappa shape index (κ3) is 4.41. The molecule has 3 nitrogen and oxygen atoms in total. The Kier molecular flexibility index (Phi) is 5.65. The van der Waals surface area contributed by atoms with Crippen LogP contribution in [0.15, 0.2) is 24.3 Å². The van der Waals surface area contributed by atoms with Gasteiger partial charge in [0.05, 0.1) is 12.7 Å². The maximum Gasteiger partial charge on any atom is 0.0713 e. The second kappa shape index (κ2) is 7.52. The Hall–Kier alpha value is -0.900. The Balaban J connectivity index is 1.63. The highest BCUT2D eigenvalue weighted by Gasteiger charge is 2.14. The summed E-state index contributed by atoms with van der Waals surface area (Å²) in [5.41, 5.74) is 2.54. The molecule has 1 unspecified atom stereocenters. The first kappa shape index (κ1) is 13.5. The molecule has 0 saturated carbocycles. The van der Waals surface area contributed by atoms with Gasteiger partial charge < -0.3 is 14.8 Å². The summed E-state index contributed by atoms with van der Waals surface area (Å²) in [5.74, 6) is 0. The van der Waals surface area contributed by atoms with Crippen molar-refractivity contribution in [1.29, 1.82) is 0 Å². The van der Waals surface area contributed by atoms with Gasteiger partial charge in [-0.25, -0.2) is 0 Å². The van der Waals surface area contributed by atoms with Crippen LogP contribution < -0.4 is 5.32 Å². The fraction of sp³-hybridized carbons (Fsp3) is 0.600. The maximum absolute atomic E-state index is 5.59. The average Bonchev–Trinajstić information content (AvgIpc) is 2.90. The van der Waals surface area contributed by atoms with Gasteiger partial charge >= 0.3 is 0 Å². The van der Waals surface area contributed by atoms with Crippen LogP contribution >= 0.6 is 0 Å². The van der Waals surface area contributed by atoms with Gasteiger partial charge in [0, 0.05) is 20.3 Å². The van der Waals surface area contributed by atoms with Gasteiger partial charge in [0.1, 0.15) is 0 Å². The van der Waals surface area contributed by atoms with Crippen LogP contribution in [0.25, 0.3) is 0 Å². The first-order valence-electron chi connectivity index (χ1n) is 6.77. The fourth-order valence-electron chi connectivity index (χ4n) is 2.29. The summed E-state index contributed by atoms with van der Waals surface area (Å²) < 4.78 is 10.7. The van der Waals surface area contributed by atoms with E-state index in [4.69, 9.17) is 9.47 Å². The van der Waals surface area contributed by atoms with Crippen molar-refractivity contribution in [2.75, 3.05) is 20.3 Å². The quantitative estimate of drug-likeness (QED) is 0.753. The zero-order valence-corrected chi connectivity index (χ0v) is 11.2. The summed E-state index contributed by atoms with van der Waals surface area (Å²) in [5, 5.41) is 3.47. The SMILES string of the molecule is COCc1ccc(CNCCC2CCCO2)cc1. The third-order valence-electron chi connectivity index (χ3n) is 3.33. The molecule has 2 rings (SSSR count). The second-order valence-electron chi connectivity index (χ2n) is 4.85. The van der Waals surface area contributed by atoms with E-state index in [9.17, 15) is 0 Å². The molecular formula is C15H23NO2. The summed E-state index contributed by atoms with van der Waals surface area (Å²) >= 11 is 0. The Morgan fingerprint density at radius 2 is 2.06 bits per heavy atom. The predicted molar refractivity (Wildman–Crippen MR) is 72.5 cm³/mol. The third-order valence-corrected chi connectivity index (χ3v) is 3.33. The lowest BCUT2D eigenvalue weighted by Gasteiger charge is -2.10. The van der Waals surface area contributed by atoms with Crippen LogP contribution in [0.2, 0.25) is 0 Å². The minimum absolute atomic E-state index is 0.488. The molecule has 1 aliphatic rings. The van der Waals surface area contributed by atoms with Gasteiger partial charge in [-0.2, -0.15) is 0 Å². The lowest BCUT2D eigenvalue weighted by atomic mass is 10.1. The van der Waals surface area contributed by atoms with Crippen molar-refractivity contribution in [2.45, 2.75) is 38.5 Å². The molecule has 18 heavy (non-hydrogen) atoms. The average molecular weight is 249 g/mol. The molecule has 0 spiro atoms. The molecule has 0 bridgehead atoms. The van der Waals surface area contributed by atoms with Crippen LogP contribution in [0.1, 0.15) is 30.4 Å². The summed E-state index contributed by atoms with van der Waals surface area (Å²) in [6.45, 7) is 3.60. The minimum Gasteiger partial charge on any atom is -0.380 e. The van der Waals surface area contributed by atoms with Crippen molar-refractivity contribution < 1.29 is 9.47 Å². The Morgan fingerprint density at radius 3 is 2.72 bits per heavy atom. The first-order chi connectivity index (χ1) is 8.88. The van der Waals surface area contributed by atoms with Crippen molar-refractivity contribution in [3.05, 3.63) is 35.4 Å². The largest absolute Gasteiger partial charge is 0.380 e. The number of hydrogen-bond acceptors (Lipinski definition) is 3. The van der Waals surface area contributed by atoms with Gasteiger partial charge in [-0.3, -0.25) is 0 Å². The highest BCUT2D eigenvalue weighted by Crippen LogP contribution is 2.14. The molecule has 1 fully saturated rings. The van der Waals surface area contributed by atoms with Crippen LogP contribution in [0.4, 0.5) is 0 Å². The predicted octanol–water partition coefficient (Wildman–Crippen LogP) is 2.49. The topological polar surface area (TPSA) is 30.5 Å². The lowest BCUT2D eigenvalue weighted by molar-refractivity contribution is 0.104. The van der Waals surface area contributed by atoms with E-state index < -0.39 is 0 Å². The normalized spacial score (nSPS) is 19.3. The number of benzene rings is 1. The fourth-order valence-corrected chi connectivity index (χ4v) is 2.29. The van der Waals surface area contributed by atoms with E-state index in [2.05, 4.69) is 29.6 Å². The smallest absolute Gasteiger partial charge is 0.0713 e. The van der Waals surface area contributed by atoms with E-state index >= 15 is 0 Å². The van der Waals surface area contributed by atoms with Crippen molar-refractivity contribution in [3.8, 4) is 0 Å². The molecular weight excluding hydrogens is 226 g/mol. The van der Waals surface area contributed by atoms with Crippen LogP contribution in [0, 0.1) is 0 Å². The molecule has 1 aromatic rings. The van der Waals surface area contributed by atoms with Gasteiger partial charge in [-0.1, -0.05) is 24.3 Å². The summed E-state index contributed by atoms with van der Waals surface area (Å²) in [6.07, 6.45) is 4.07. The van der Waals surface area contributed by atoms with Crippen molar-refractivity contribution in [2.24, 2.45) is 0 Å². The molecule has 1 saturated heterocycles. The van der Waals surface area contributed by atoms with E-state index in [0.717, 1.165) is 26.1 Å². The van der Waals surface area contributed by atoms with E-state index in [0.29, 0.717) is 12.7 Å². The number of methoxy groups -OCH3 is 1. The van der Waals surface area contributed by atoms with E-state index in [-0.39, 0.29) is 0 Å². The number of ether oxygens (including phenoxy) is 2. The summed E-state index contributed by atoms with van der Waals surface area (Å²) in [4.78, 5) is 0. The molecule has 100 valence electrons. The molecule has 0 amide bonds. The van der Waals surface area contributed by atoms with Gasteiger partial charge in [0.2, 0.25) is 0 Å². The van der Waals surface area contributed by atoms with Crippen LogP contribution in [0.5, 0.6) is 0 Å². The molecule has 1 N–H and O–H groups in total. The van der Waals surface area contributed by atoms with Gasteiger partial charge in [-0.05, 0) is 36.9 Å². The van der Waals surface area contributed by atoms with Crippen molar-refractivity contribution in [1.82, 2.24) is 5.32 Å². The highest BCUT2D eigenvalue weighted by atomic mass is 16.5. The van der Waals surface area contributed by atoms with Crippen molar-refractivity contribution >= 4 is 0 Å². The van der Waals surface area contributed by atoms with Crippen LogP contribution in [-0.2, 0) is 22.6 Å². The zero-order valence-electron chi connectivity index (χ0n) is 11.2. The summed E-state index contributed by atoms with van der Waals surface area (Å²) in [6, 6.07) is 8.57. The first-order valence-corrected chi connectivity index (χ1v) is 6.77. The molecule has 1 aliphatic heterocycles. The zero-order chi connectivity index (χ0) is 12.6. The maximum atomic E-state index is 5.59. The molecule has 1 aromatic carbocycles. The summed E-state index contributed by atoms with van der Waals surface area (Å²) in [7, 11) is 1.72. The van der Waals surface area contributed by atoms with Crippen LogP contribution in [0.3, 0.4) is 0 Å². The second-order valence-corrected chi connectivity index (χ2v) is 4.85. The standard InChI is InChI=1S/C15H23NO2/c1-17-12-14-6-4-13(5-7-14)11-16-9-8-15-3-2-10-18-15/h4-7,15-16H,2-3,8-12H2,1H3. The van der Waals surface area contributed by atoms with Crippen LogP contribution in [-0.4, -0.2) is 26.4 Å². The molecule has 3 heteroatoms. The highest BCUT2D eigenvalue weighted by molar-refractivity contribution is 5.21. The molecule has 1 heterocycles. The Bertz CT molecular complexity index is 331. The minimum atomic E-state index is 0.488. The molecule has 1 atom stereocenters. The molecule has 0 aliphatic carbocycles. The van der Waals surface area contributed by atoms with Crippen molar-refractivity contribution in [3.63, 3.8) is 0 Å². The number of hydrogen-bond donors (Lipinski definition) is 1.